The van der Waals surface area contributed by atoms with Gasteiger partial charge in [-0.05, 0) is 57.3 Å². The van der Waals surface area contributed by atoms with Crippen LogP contribution in [-0.4, -0.2) is 23.5 Å². The summed E-state index contributed by atoms with van der Waals surface area (Å²) in [6.07, 6.45) is 2.45. The first-order valence-electron chi connectivity index (χ1n) is 6.13. The minimum absolute atomic E-state index is 0. The highest BCUT2D eigenvalue weighted by molar-refractivity contribution is 14.1. The molecular formula is C12H15ClI2N6O. The van der Waals surface area contributed by atoms with Gasteiger partial charge >= 0.3 is 5.95 Å². The lowest BCUT2D eigenvalue weighted by Crippen LogP contribution is -3.00. The number of aryl methyl sites for hydroxylation is 1. The Morgan fingerprint density at radius 3 is 2.82 bits per heavy atom. The Kier molecular flexibility index (Phi) is 7.62. The van der Waals surface area contributed by atoms with Gasteiger partial charge in [-0.3, -0.25) is 5.84 Å². The van der Waals surface area contributed by atoms with E-state index in [0.29, 0.717) is 5.95 Å². The van der Waals surface area contributed by atoms with E-state index in [1.807, 2.05) is 19.1 Å². The average molecular weight is 549 g/mol. The molecule has 4 N–H and O–H groups in total. The summed E-state index contributed by atoms with van der Waals surface area (Å²) in [5.41, 5.74) is 3.70. The smallest absolute Gasteiger partial charge is 0.421 e. The number of nitrogen functional groups attached to an aromatic ring is 1. The molecule has 1 aromatic heterocycles. The van der Waals surface area contributed by atoms with Gasteiger partial charge in [0.15, 0.2) is 0 Å². The molecule has 0 saturated carbocycles. The molecule has 0 atom stereocenters. The number of hydrazone groups is 1. The normalized spacial score (nSPS) is 10.5. The van der Waals surface area contributed by atoms with Gasteiger partial charge in [0.25, 0.3) is 0 Å². The summed E-state index contributed by atoms with van der Waals surface area (Å²) in [5.74, 6) is 7.91. The molecule has 120 valence electrons. The molecule has 0 aliphatic rings. The molecule has 1 heterocycles. The van der Waals surface area contributed by atoms with Gasteiger partial charge in [0.05, 0.1) is 16.9 Å². The van der Waals surface area contributed by atoms with Crippen molar-refractivity contribution in [2.75, 3.05) is 18.4 Å². The van der Waals surface area contributed by atoms with E-state index in [1.165, 1.54) is 4.68 Å². The Hall–Kier alpha value is -0.820. The highest BCUT2D eigenvalue weighted by atomic mass is 127. The number of rotatable bonds is 5. The van der Waals surface area contributed by atoms with E-state index in [2.05, 4.69) is 65.9 Å². The summed E-state index contributed by atoms with van der Waals surface area (Å²) < 4.78 is 8.98. The van der Waals surface area contributed by atoms with Crippen molar-refractivity contribution < 1.29 is 21.8 Å². The van der Waals surface area contributed by atoms with Crippen molar-refractivity contribution >= 4 is 57.3 Å². The minimum atomic E-state index is 0. The van der Waals surface area contributed by atoms with Crippen molar-refractivity contribution in [2.45, 2.75) is 13.3 Å². The maximum atomic E-state index is 5.86. The molecule has 2 rings (SSSR count). The maximum Gasteiger partial charge on any atom is 0.421 e. The molecule has 0 aliphatic heterocycles. The van der Waals surface area contributed by atoms with Crippen LogP contribution < -0.4 is 33.1 Å². The molecule has 0 saturated heterocycles. The topological polar surface area (TPSA) is 92.2 Å². The predicted octanol–water partition coefficient (Wildman–Crippen LogP) is -1.36. The molecule has 10 heteroatoms. The molecule has 7 nitrogen and oxygen atoms in total. The van der Waals surface area contributed by atoms with Gasteiger partial charge in [0.1, 0.15) is 5.75 Å². The number of halogens is 3. The van der Waals surface area contributed by atoms with E-state index in [0.717, 1.165) is 30.7 Å². The number of H-pyrrole nitrogens is 1. The Balaban J connectivity index is 0.00000242. The molecule has 0 radical (unpaired) electrons. The monoisotopic (exact) mass is 548 g/mol. The largest absolute Gasteiger partial charge is 1.00 e. The lowest BCUT2D eigenvalue weighted by Gasteiger charge is -2.07. The van der Waals surface area contributed by atoms with Crippen molar-refractivity contribution in [1.29, 1.82) is 0 Å². The molecule has 22 heavy (non-hydrogen) atoms. The summed E-state index contributed by atoms with van der Waals surface area (Å²) in [5, 5.41) is 11.1. The number of anilines is 1. The van der Waals surface area contributed by atoms with Gasteiger partial charge in [-0.1, -0.05) is 6.92 Å². The number of hydrogen-bond donors (Lipinski definition) is 3. The number of aromatic nitrogens is 3. The fourth-order valence-electron chi connectivity index (χ4n) is 1.73. The summed E-state index contributed by atoms with van der Waals surface area (Å²) in [4.78, 5) is 0. The van der Waals surface area contributed by atoms with E-state index in [1.54, 1.807) is 13.3 Å². The van der Waals surface area contributed by atoms with Crippen LogP contribution in [0.5, 0.6) is 5.75 Å². The number of nitrogens with two attached hydrogens (primary N) is 1. The zero-order chi connectivity index (χ0) is 15.4. The van der Waals surface area contributed by atoms with Crippen LogP contribution in [-0.2, 0) is 6.42 Å². The highest BCUT2D eigenvalue weighted by Gasteiger charge is 2.14. The Labute approximate surface area is 161 Å². The molecule has 0 bridgehead atoms. The summed E-state index contributed by atoms with van der Waals surface area (Å²) in [6.45, 7) is 1.99. The number of nitrogens with zero attached hydrogens (tertiary/aromatic N) is 3. The molecule has 0 aliphatic carbocycles. The Morgan fingerprint density at radius 2 is 2.23 bits per heavy atom. The molecule has 2 aromatic rings. The molecule has 0 unspecified atom stereocenters. The van der Waals surface area contributed by atoms with Crippen molar-refractivity contribution in [3.05, 3.63) is 30.7 Å². The van der Waals surface area contributed by atoms with E-state index >= 15 is 0 Å². The van der Waals surface area contributed by atoms with Gasteiger partial charge < -0.3 is 17.1 Å². The third-order valence-electron chi connectivity index (χ3n) is 2.75. The quantitative estimate of drug-likeness (QED) is 0.142. The van der Waals surface area contributed by atoms with Crippen LogP contribution in [0.4, 0.5) is 5.95 Å². The molecule has 1 aromatic carbocycles. The van der Waals surface area contributed by atoms with Crippen LogP contribution in [0, 0.1) is 7.14 Å². The van der Waals surface area contributed by atoms with Crippen LogP contribution in [0.1, 0.15) is 18.3 Å². The molecule has 0 fully saturated rings. The predicted molar refractivity (Wildman–Crippen MR) is 98.0 cm³/mol. The minimum Gasteiger partial charge on any atom is -1.00 e. The van der Waals surface area contributed by atoms with Crippen LogP contribution in [0.3, 0.4) is 0 Å². The Morgan fingerprint density at radius 1 is 1.50 bits per heavy atom. The zero-order valence-corrected chi connectivity index (χ0v) is 17.0. The van der Waals surface area contributed by atoms with E-state index in [4.69, 9.17) is 10.6 Å². The highest BCUT2D eigenvalue weighted by Crippen LogP contribution is 2.26. The lowest BCUT2D eigenvalue weighted by atomic mass is 10.2. The molecule has 0 spiro atoms. The van der Waals surface area contributed by atoms with E-state index in [9.17, 15) is 0 Å². The van der Waals surface area contributed by atoms with Gasteiger partial charge in [-0.25, -0.2) is 0 Å². The van der Waals surface area contributed by atoms with Crippen molar-refractivity contribution in [3.63, 3.8) is 0 Å². The van der Waals surface area contributed by atoms with Crippen molar-refractivity contribution in [3.8, 4) is 5.75 Å². The number of ether oxygens (including phenoxy) is 1. The van der Waals surface area contributed by atoms with Crippen LogP contribution in [0.15, 0.2) is 17.2 Å². The van der Waals surface area contributed by atoms with Crippen molar-refractivity contribution in [2.24, 2.45) is 5.10 Å². The Bertz CT molecular complexity index is 676. The number of benzene rings is 1. The second kappa shape index (κ2) is 8.72. The number of aromatic amines is 1. The average Bonchev–Trinajstić information content (AvgIpc) is 2.79. The van der Waals surface area contributed by atoms with Gasteiger partial charge in [-0.15, -0.1) is 9.78 Å². The van der Waals surface area contributed by atoms with Crippen LogP contribution in [0.25, 0.3) is 0 Å². The third kappa shape index (κ3) is 4.35. The number of methoxy groups -OCH3 is 1. The van der Waals surface area contributed by atoms with Gasteiger partial charge in [0.2, 0.25) is 5.82 Å². The maximum absolute atomic E-state index is 5.86. The lowest BCUT2D eigenvalue weighted by molar-refractivity contribution is -0.632. The summed E-state index contributed by atoms with van der Waals surface area (Å²) in [7, 11) is 1.64. The first-order valence-corrected chi connectivity index (χ1v) is 8.29. The van der Waals surface area contributed by atoms with Crippen molar-refractivity contribution in [1.82, 2.24) is 10.2 Å². The zero-order valence-electron chi connectivity index (χ0n) is 11.9. The fourth-order valence-corrected chi connectivity index (χ4v) is 3.84. The summed E-state index contributed by atoms with van der Waals surface area (Å²) >= 11 is 4.49. The second-order valence-electron chi connectivity index (χ2n) is 4.10. The van der Waals surface area contributed by atoms with Gasteiger partial charge in [-0.2, -0.15) is 10.5 Å². The van der Waals surface area contributed by atoms with Crippen LogP contribution >= 0.6 is 45.2 Å². The first-order chi connectivity index (χ1) is 10.1. The molecular weight excluding hydrogens is 533 g/mol. The standard InChI is InChI=1S/C12H14I2N6O.ClH/c1-3-10-17-19-12(20(10)15)18-16-6-7-4-8(13)5-9(14)11(7)21-2;/h4-6H,3,15H2,1-2H3,(H,18,19);1H/b16-6+;. The first kappa shape index (κ1) is 19.2. The van der Waals surface area contributed by atoms with E-state index in [-0.39, 0.29) is 12.4 Å². The number of nitrogens with one attached hydrogen (secondary N) is 2. The second-order valence-corrected chi connectivity index (χ2v) is 6.51. The summed E-state index contributed by atoms with van der Waals surface area (Å²) in [6, 6.07) is 4.03. The molecule has 0 amide bonds. The third-order valence-corrected chi connectivity index (χ3v) is 4.18. The van der Waals surface area contributed by atoms with Crippen LogP contribution in [0.2, 0.25) is 0 Å². The van der Waals surface area contributed by atoms with Gasteiger partial charge in [0, 0.05) is 20.7 Å². The number of hydrogen-bond acceptors (Lipinski definition) is 5. The van der Waals surface area contributed by atoms with E-state index < -0.39 is 0 Å². The SMILES string of the molecule is CCc1[nH]nc(N/N=C/c2cc(I)cc(I)c2OC)[n+]1N.[Cl-]. The fraction of sp³-hybridized carbons (Fsp3) is 0.250.